The van der Waals surface area contributed by atoms with Gasteiger partial charge in [-0.05, 0) is 77.7 Å². The van der Waals surface area contributed by atoms with Crippen LogP contribution in [0.25, 0.3) is 28.2 Å². The summed E-state index contributed by atoms with van der Waals surface area (Å²) in [5.41, 5.74) is 6.20. The molecule has 0 atom stereocenters. The minimum Gasteiger partial charge on any atom is -0.508 e. The second-order valence-electron chi connectivity index (χ2n) is 7.50. The molecular formula is C26H24N2O3. The van der Waals surface area contributed by atoms with Gasteiger partial charge in [0.1, 0.15) is 11.5 Å². The van der Waals surface area contributed by atoms with Crippen molar-refractivity contribution in [3.63, 3.8) is 0 Å². The fraction of sp³-hybridized carbons (Fsp3) is 0.115. The Labute approximate surface area is 180 Å². The topological polar surface area (TPSA) is 74.5 Å². The largest absolute Gasteiger partial charge is 0.508 e. The van der Waals surface area contributed by atoms with Crippen LogP contribution in [-0.4, -0.2) is 27.7 Å². The average molecular weight is 412 g/mol. The third-order valence-electron chi connectivity index (χ3n) is 5.43. The summed E-state index contributed by atoms with van der Waals surface area (Å²) in [5.74, 6) is 0.319. The van der Waals surface area contributed by atoms with Crippen LogP contribution in [-0.2, 0) is 11.3 Å². The first-order valence-corrected chi connectivity index (χ1v) is 10.1. The first kappa shape index (κ1) is 20.3. The molecule has 1 heterocycles. The van der Waals surface area contributed by atoms with Crippen molar-refractivity contribution in [3.05, 3.63) is 89.5 Å². The summed E-state index contributed by atoms with van der Waals surface area (Å²) in [7, 11) is 1.60. The van der Waals surface area contributed by atoms with E-state index in [4.69, 9.17) is 0 Å². The van der Waals surface area contributed by atoms with E-state index in [2.05, 4.69) is 9.88 Å². The van der Waals surface area contributed by atoms with Crippen LogP contribution in [0.4, 0.5) is 0 Å². The number of phenols is 2. The van der Waals surface area contributed by atoms with E-state index >= 15 is 0 Å². The van der Waals surface area contributed by atoms with Gasteiger partial charge in [-0.2, -0.15) is 0 Å². The number of fused-ring (bicyclic) bond motifs is 1. The molecular weight excluding hydrogens is 388 g/mol. The number of likely N-dealkylation sites (N-methyl/N-ethyl adjacent to an activating group) is 1. The Morgan fingerprint density at radius 2 is 1.65 bits per heavy atom. The maximum Gasteiger partial charge on any atom is 0.243 e. The number of amides is 1. The van der Waals surface area contributed by atoms with Gasteiger partial charge in [0.05, 0.1) is 5.69 Å². The van der Waals surface area contributed by atoms with Crippen molar-refractivity contribution in [3.8, 4) is 22.8 Å². The number of aromatic nitrogens is 1. The smallest absolute Gasteiger partial charge is 0.243 e. The van der Waals surface area contributed by atoms with Gasteiger partial charge in [0.15, 0.2) is 0 Å². The van der Waals surface area contributed by atoms with E-state index in [-0.39, 0.29) is 17.4 Å². The summed E-state index contributed by atoms with van der Waals surface area (Å²) in [6.45, 7) is 2.69. The highest BCUT2D eigenvalue weighted by Gasteiger charge is 2.16. The number of phenolic OH excluding ortho intramolecular Hbond substituents is 2. The van der Waals surface area contributed by atoms with Gasteiger partial charge < -0.3 is 20.1 Å². The number of aromatic hydroxyl groups is 2. The molecule has 156 valence electrons. The standard InChI is InChI=1S/C26H24N2O3/c1-17-23-15-22(30)12-13-24(23)28(26(17)20-8-10-21(29)11-9-20)16-19-5-3-18(4-6-19)7-14-25(31)27-2/h3-15,29-30H,16H2,1-2H3,(H,27,31)/b14-7+. The fourth-order valence-corrected chi connectivity index (χ4v) is 3.84. The maximum absolute atomic E-state index is 11.4. The van der Waals surface area contributed by atoms with E-state index < -0.39 is 0 Å². The van der Waals surface area contributed by atoms with Crippen LogP contribution in [0, 0.1) is 6.92 Å². The molecule has 31 heavy (non-hydrogen) atoms. The van der Waals surface area contributed by atoms with E-state index in [1.807, 2.05) is 49.4 Å². The molecule has 0 unspecified atom stereocenters. The lowest BCUT2D eigenvalue weighted by Crippen LogP contribution is -2.13. The molecule has 0 fully saturated rings. The number of nitrogens with zero attached hydrogens (tertiary/aromatic N) is 1. The zero-order valence-corrected chi connectivity index (χ0v) is 17.5. The average Bonchev–Trinajstić information content (AvgIpc) is 3.04. The highest BCUT2D eigenvalue weighted by Crippen LogP contribution is 2.36. The minimum atomic E-state index is -0.139. The molecule has 0 aliphatic heterocycles. The van der Waals surface area contributed by atoms with Crippen LogP contribution < -0.4 is 5.32 Å². The van der Waals surface area contributed by atoms with Crippen LogP contribution in [0.1, 0.15) is 16.7 Å². The molecule has 0 saturated carbocycles. The molecule has 0 spiro atoms. The fourth-order valence-electron chi connectivity index (χ4n) is 3.84. The zero-order chi connectivity index (χ0) is 22.0. The first-order chi connectivity index (χ1) is 15.0. The lowest BCUT2D eigenvalue weighted by molar-refractivity contribution is -0.115. The third-order valence-corrected chi connectivity index (χ3v) is 5.43. The van der Waals surface area contributed by atoms with Gasteiger partial charge in [-0.15, -0.1) is 0 Å². The van der Waals surface area contributed by atoms with Crippen molar-refractivity contribution in [2.24, 2.45) is 0 Å². The Morgan fingerprint density at radius 3 is 2.32 bits per heavy atom. The summed E-state index contributed by atoms with van der Waals surface area (Å²) in [5, 5.41) is 23.3. The molecule has 0 aliphatic carbocycles. The minimum absolute atomic E-state index is 0.139. The number of nitrogens with one attached hydrogen (secondary N) is 1. The van der Waals surface area contributed by atoms with Crippen molar-refractivity contribution >= 4 is 22.9 Å². The van der Waals surface area contributed by atoms with Crippen molar-refractivity contribution in [2.75, 3.05) is 7.05 Å². The highest BCUT2D eigenvalue weighted by molar-refractivity contribution is 5.93. The quantitative estimate of drug-likeness (QED) is 0.411. The Bertz CT molecular complexity index is 1270. The molecule has 0 saturated heterocycles. The summed E-state index contributed by atoms with van der Waals surface area (Å²) >= 11 is 0. The van der Waals surface area contributed by atoms with Crippen LogP contribution in [0.2, 0.25) is 0 Å². The second kappa shape index (κ2) is 8.40. The number of rotatable bonds is 5. The summed E-state index contributed by atoms with van der Waals surface area (Å²) in [6, 6.07) is 20.7. The van der Waals surface area contributed by atoms with Crippen molar-refractivity contribution in [1.29, 1.82) is 0 Å². The molecule has 0 radical (unpaired) electrons. The van der Waals surface area contributed by atoms with Gasteiger partial charge in [-0.25, -0.2) is 0 Å². The number of carbonyl (C=O) groups excluding carboxylic acids is 1. The normalized spacial score (nSPS) is 11.3. The Kier molecular flexibility index (Phi) is 5.50. The molecule has 0 bridgehead atoms. The van der Waals surface area contributed by atoms with Crippen LogP contribution in [0.5, 0.6) is 11.5 Å². The van der Waals surface area contributed by atoms with Crippen LogP contribution >= 0.6 is 0 Å². The summed E-state index contributed by atoms with van der Waals surface area (Å²) < 4.78 is 2.23. The molecule has 1 aromatic heterocycles. The maximum atomic E-state index is 11.4. The van der Waals surface area contributed by atoms with Crippen LogP contribution in [0.15, 0.2) is 72.8 Å². The van der Waals surface area contributed by atoms with Crippen LogP contribution in [0.3, 0.4) is 0 Å². The third kappa shape index (κ3) is 4.16. The molecule has 0 aliphatic rings. The summed E-state index contributed by atoms with van der Waals surface area (Å²) in [4.78, 5) is 11.4. The van der Waals surface area contributed by atoms with Crippen molar-refractivity contribution in [1.82, 2.24) is 9.88 Å². The molecule has 4 rings (SSSR count). The van der Waals surface area contributed by atoms with Gasteiger partial charge in [-0.3, -0.25) is 4.79 Å². The SMILES string of the molecule is CNC(=O)/C=C/c1ccc(Cn2c(-c3ccc(O)cc3)c(C)c3cc(O)ccc32)cc1. The molecule has 5 heteroatoms. The van der Waals surface area contributed by atoms with Gasteiger partial charge in [0.25, 0.3) is 0 Å². The molecule has 1 amide bonds. The number of benzene rings is 3. The van der Waals surface area contributed by atoms with Gasteiger partial charge in [0.2, 0.25) is 5.91 Å². The van der Waals surface area contributed by atoms with Gasteiger partial charge in [-0.1, -0.05) is 24.3 Å². The summed E-state index contributed by atoms with van der Waals surface area (Å²) in [6.07, 6.45) is 3.29. The lowest BCUT2D eigenvalue weighted by Gasteiger charge is -2.13. The van der Waals surface area contributed by atoms with E-state index in [9.17, 15) is 15.0 Å². The number of carbonyl (C=O) groups is 1. The Hall–Kier alpha value is -3.99. The number of hydrogen-bond acceptors (Lipinski definition) is 3. The van der Waals surface area contributed by atoms with Crippen molar-refractivity contribution < 1.29 is 15.0 Å². The van der Waals surface area contributed by atoms with E-state index in [0.29, 0.717) is 6.54 Å². The second-order valence-corrected chi connectivity index (χ2v) is 7.50. The van der Waals surface area contributed by atoms with E-state index in [0.717, 1.165) is 38.9 Å². The van der Waals surface area contributed by atoms with Gasteiger partial charge in [0, 0.05) is 30.6 Å². The molecule has 4 aromatic rings. The highest BCUT2D eigenvalue weighted by atomic mass is 16.3. The lowest BCUT2D eigenvalue weighted by atomic mass is 10.1. The first-order valence-electron chi connectivity index (χ1n) is 10.1. The monoisotopic (exact) mass is 412 g/mol. The predicted octanol–water partition coefficient (Wildman–Crippen LogP) is 4.84. The van der Waals surface area contributed by atoms with Gasteiger partial charge >= 0.3 is 0 Å². The van der Waals surface area contributed by atoms with E-state index in [1.165, 1.54) is 6.08 Å². The Morgan fingerprint density at radius 1 is 0.968 bits per heavy atom. The molecule has 3 N–H and O–H groups in total. The van der Waals surface area contributed by atoms with E-state index in [1.54, 1.807) is 37.4 Å². The molecule has 5 nitrogen and oxygen atoms in total. The number of hydrogen-bond donors (Lipinski definition) is 3. The van der Waals surface area contributed by atoms with Crippen molar-refractivity contribution in [2.45, 2.75) is 13.5 Å². The molecule has 3 aromatic carbocycles. The Balaban J connectivity index is 1.76. The predicted molar refractivity (Wildman–Crippen MR) is 124 cm³/mol. The zero-order valence-electron chi connectivity index (χ0n) is 17.5. The number of aryl methyl sites for hydroxylation is 1.